The quantitative estimate of drug-likeness (QED) is 0.459. The molecule has 0 bridgehead atoms. The van der Waals surface area contributed by atoms with Crippen molar-refractivity contribution in [1.82, 2.24) is 5.32 Å². The average Bonchev–Trinajstić information content (AvgIpc) is 1.98. The fourth-order valence-corrected chi connectivity index (χ4v) is 0.519. The monoisotopic (exact) mass is 153 g/mol. The standard InChI is InChI=1S/C8H11NO2/c1-3-7(4-2)9-6-5-8(10)11/h1,5-7,9H,4H2,2H3,(H,10,11)/b6-5+. The molecule has 0 fully saturated rings. The second kappa shape index (κ2) is 5.36. The van der Waals surface area contributed by atoms with E-state index in [1.807, 2.05) is 6.92 Å². The molecule has 3 heteroatoms. The Balaban J connectivity index is 3.69. The molecule has 1 atom stereocenters. The van der Waals surface area contributed by atoms with Gasteiger partial charge in [-0.1, -0.05) is 12.8 Å². The minimum atomic E-state index is -0.982. The number of nitrogens with one attached hydrogen (secondary N) is 1. The summed E-state index contributed by atoms with van der Waals surface area (Å²) in [5.41, 5.74) is 0. The molecule has 0 rings (SSSR count). The van der Waals surface area contributed by atoms with Crippen molar-refractivity contribution in [3.8, 4) is 12.3 Å². The topological polar surface area (TPSA) is 49.3 Å². The number of hydrogen-bond donors (Lipinski definition) is 2. The summed E-state index contributed by atoms with van der Waals surface area (Å²) < 4.78 is 0. The molecule has 0 aromatic rings. The maximum absolute atomic E-state index is 9.98. The molecule has 11 heavy (non-hydrogen) atoms. The van der Waals surface area contributed by atoms with Crippen LogP contribution >= 0.6 is 0 Å². The highest BCUT2D eigenvalue weighted by Gasteiger charge is 1.95. The van der Waals surface area contributed by atoms with Gasteiger partial charge in [-0.25, -0.2) is 4.79 Å². The van der Waals surface area contributed by atoms with Crippen molar-refractivity contribution < 1.29 is 9.90 Å². The smallest absolute Gasteiger partial charge is 0.329 e. The number of aliphatic carboxylic acids is 1. The number of hydrogen-bond acceptors (Lipinski definition) is 2. The van der Waals surface area contributed by atoms with Crippen molar-refractivity contribution >= 4 is 5.97 Å². The summed E-state index contributed by atoms with van der Waals surface area (Å²) in [4.78, 5) is 9.98. The van der Waals surface area contributed by atoms with Crippen molar-refractivity contribution in [3.63, 3.8) is 0 Å². The lowest BCUT2D eigenvalue weighted by molar-refractivity contribution is -0.131. The van der Waals surface area contributed by atoms with E-state index < -0.39 is 5.97 Å². The molecule has 1 unspecified atom stereocenters. The van der Waals surface area contributed by atoms with E-state index in [0.717, 1.165) is 12.5 Å². The van der Waals surface area contributed by atoms with Gasteiger partial charge >= 0.3 is 5.97 Å². The summed E-state index contributed by atoms with van der Waals surface area (Å²) in [7, 11) is 0. The van der Waals surface area contributed by atoms with E-state index in [4.69, 9.17) is 11.5 Å². The first-order valence-corrected chi connectivity index (χ1v) is 3.32. The molecule has 0 aliphatic rings. The Hall–Kier alpha value is -1.43. The van der Waals surface area contributed by atoms with Crippen LogP contribution in [0, 0.1) is 12.3 Å². The SMILES string of the molecule is C#CC(CC)N/C=C/C(=O)O. The lowest BCUT2D eigenvalue weighted by Crippen LogP contribution is -2.21. The molecule has 0 aliphatic carbocycles. The summed E-state index contributed by atoms with van der Waals surface area (Å²) in [6, 6.07) is -0.0781. The Morgan fingerprint density at radius 2 is 2.55 bits per heavy atom. The maximum atomic E-state index is 9.98. The van der Waals surface area contributed by atoms with Gasteiger partial charge in [-0.15, -0.1) is 6.42 Å². The lowest BCUT2D eigenvalue weighted by atomic mass is 10.2. The zero-order valence-electron chi connectivity index (χ0n) is 6.37. The van der Waals surface area contributed by atoms with E-state index in [2.05, 4.69) is 11.2 Å². The molecule has 0 spiro atoms. The maximum Gasteiger partial charge on any atom is 0.329 e. The van der Waals surface area contributed by atoms with Crippen LogP contribution in [0.15, 0.2) is 12.3 Å². The van der Waals surface area contributed by atoms with E-state index in [1.54, 1.807) is 0 Å². The molecule has 0 radical (unpaired) electrons. The summed E-state index contributed by atoms with van der Waals surface area (Å²) >= 11 is 0. The van der Waals surface area contributed by atoms with Gasteiger partial charge in [-0.2, -0.15) is 0 Å². The highest BCUT2D eigenvalue weighted by atomic mass is 16.4. The molecular formula is C8H11NO2. The van der Waals surface area contributed by atoms with E-state index in [0.29, 0.717) is 0 Å². The van der Waals surface area contributed by atoms with Crippen LogP contribution in [-0.2, 0) is 4.79 Å². The molecule has 0 heterocycles. The molecule has 0 amide bonds. The Morgan fingerprint density at radius 3 is 2.91 bits per heavy atom. The molecule has 3 nitrogen and oxygen atoms in total. The van der Waals surface area contributed by atoms with Crippen molar-refractivity contribution in [2.24, 2.45) is 0 Å². The molecule has 0 aromatic heterocycles. The van der Waals surface area contributed by atoms with Crippen molar-refractivity contribution in [2.75, 3.05) is 0 Å². The molecule has 0 aromatic carbocycles. The molecule has 0 saturated heterocycles. The Bertz CT molecular complexity index is 191. The third kappa shape index (κ3) is 5.04. The van der Waals surface area contributed by atoms with Crippen LogP contribution in [0.3, 0.4) is 0 Å². The average molecular weight is 153 g/mol. The Labute approximate surface area is 66.1 Å². The van der Waals surface area contributed by atoms with Gasteiger partial charge in [-0.05, 0) is 6.42 Å². The summed E-state index contributed by atoms with van der Waals surface area (Å²) in [6.07, 6.45) is 8.24. The Morgan fingerprint density at radius 1 is 1.91 bits per heavy atom. The highest BCUT2D eigenvalue weighted by Crippen LogP contribution is 1.86. The van der Waals surface area contributed by atoms with Gasteiger partial charge in [0.05, 0.1) is 6.04 Å². The minimum absolute atomic E-state index is 0.0781. The normalized spacial score (nSPS) is 12.4. The van der Waals surface area contributed by atoms with Gasteiger partial charge in [0, 0.05) is 12.3 Å². The second-order valence-corrected chi connectivity index (χ2v) is 1.97. The highest BCUT2D eigenvalue weighted by molar-refractivity contribution is 5.79. The van der Waals surface area contributed by atoms with Crippen LogP contribution in [0.25, 0.3) is 0 Å². The summed E-state index contributed by atoms with van der Waals surface area (Å²) in [5, 5.41) is 10.9. The first kappa shape index (κ1) is 9.57. The summed E-state index contributed by atoms with van der Waals surface area (Å²) in [6.45, 7) is 1.92. The fraction of sp³-hybridized carbons (Fsp3) is 0.375. The number of carboxylic acids is 1. The number of carbonyl (C=O) groups is 1. The number of carboxylic acid groups (broad SMARTS) is 1. The van der Waals surface area contributed by atoms with Crippen LogP contribution < -0.4 is 5.32 Å². The van der Waals surface area contributed by atoms with Crippen molar-refractivity contribution in [3.05, 3.63) is 12.3 Å². The molecular weight excluding hydrogens is 142 g/mol. The predicted molar refractivity (Wildman–Crippen MR) is 42.8 cm³/mol. The third-order valence-electron chi connectivity index (χ3n) is 1.13. The van der Waals surface area contributed by atoms with Crippen LogP contribution in [0.5, 0.6) is 0 Å². The molecule has 0 saturated carbocycles. The van der Waals surface area contributed by atoms with Crippen molar-refractivity contribution in [1.29, 1.82) is 0 Å². The van der Waals surface area contributed by atoms with E-state index in [9.17, 15) is 4.79 Å². The zero-order valence-corrected chi connectivity index (χ0v) is 6.37. The van der Waals surface area contributed by atoms with Gasteiger partial charge in [0.25, 0.3) is 0 Å². The van der Waals surface area contributed by atoms with Gasteiger partial charge in [0.1, 0.15) is 0 Å². The lowest BCUT2D eigenvalue weighted by Gasteiger charge is -2.05. The van der Waals surface area contributed by atoms with E-state index in [1.165, 1.54) is 6.20 Å². The van der Waals surface area contributed by atoms with Crippen LogP contribution in [0.2, 0.25) is 0 Å². The van der Waals surface area contributed by atoms with Gasteiger partial charge in [0.2, 0.25) is 0 Å². The van der Waals surface area contributed by atoms with Gasteiger partial charge in [-0.3, -0.25) is 0 Å². The third-order valence-corrected chi connectivity index (χ3v) is 1.13. The molecule has 2 N–H and O–H groups in total. The number of terminal acetylenes is 1. The van der Waals surface area contributed by atoms with Gasteiger partial charge < -0.3 is 10.4 Å². The van der Waals surface area contributed by atoms with Crippen LogP contribution in [0.4, 0.5) is 0 Å². The summed E-state index contributed by atoms with van der Waals surface area (Å²) in [5.74, 6) is 1.49. The van der Waals surface area contributed by atoms with Crippen LogP contribution in [-0.4, -0.2) is 17.1 Å². The molecule has 60 valence electrons. The second-order valence-electron chi connectivity index (χ2n) is 1.97. The van der Waals surface area contributed by atoms with Crippen LogP contribution in [0.1, 0.15) is 13.3 Å². The predicted octanol–water partition coefficient (Wildman–Crippen LogP) is 0.586. The first-order chi connectivity index (χ1) is 5.20. The Kier molecular flexibility index (Phi) is 4.67. The zero-order chi connectivity index (χ0) is 8.69. The molecule has 0 aliphatic heterocycles. The van der Waals surface area contributed by atoms with E-state index >= 15 is 0 Å². The van der Waals surface area contributed by atoms with Crippen molar-refractivity contribution in [2.45, 2.75) is 19.4 Å². The number of rotatable bonds is 4. The first-order valence-electron chi connectivity index (χ1n) is 3.32. The van der Waals surface area contributed by atoms with Gasteiger partial charge in [0.15, 0.2) is 0 Å². The fourth-order valence-electron chi connectivity index (χ4n) is 0.519. The largest absolute Gasteiger partial charge is 0.478 e. The minimum Gasteiger partial charge on any atom is -0.478 e. The van der Waals surface area contributed by atoms with E-state index in [-0.39, 0.29) is 6.04 Å².